The third-order valence-corrected chi connectivity index (χ3v) is 0.710. The molecule has 0 heterocycles. The second-order valence-electron chi connectivity index (χ2n) is 1.45. The van der Waals surface area contributed by atoms with Crippen LogP contribution in [0.25, 0.3) is 0 Å². The van der Waals surface area contributed by atoms with Crippen LogP contribution in [0, 0.1) is 0 Å². The zero-order chi connectivity index (χ0) is 9.23. The topological polar surface area (TPSA) is 72.3 Å². The van der Waals surface area contributed by atoms with Crippen molar-refractivity contribution in [1.82, 2.24) is 6.15 Å². The molecule has 72 valence electrons. The number of halogens is 5. The van der Waals surface area contributed by atoms with Crippen molar-refractivity contribution in [2.75, 3.05) is 0 Å². The van der Waals surface area contributed by atoms with Gasteiger partial charge in [0.1, 0.15) is 0 Å². The molecule has 0 aliphatic heterocycles. The molecule has 0 unspecified atom stereocenters. The van der Waals surface area contributed by atoms with E-state index in [-0.39, 0.29) is 6.15 Å². The molecule has 0 aromatic heterocycles. The second kappa shape index (κ2) is 4.00. The molecule has 12 heavy (non-hydrogen) atoms. The number of hydrogen-bond acceptors (Lipinski definition) is 2. The van der Waals surface area contributed by atoms with E-state index >= 15 is 0 Å². The number of aliphatic carboxylic acids is 1. The fourth-order valence-electron chi connectivity index (χ4n) is 0.213. The van der Waals surface area contributed by atoms with Crippen LogP contribution in [0.5, 0.6) is 0 Å². The van der Waals surface area contributed by atoms with Crippen LogP contribution < -0.4 is 6.15 Å². The number of rotatable bonds is 2. The first kappa shape index (κ1) is 13.4. The van der Waals surface area contributed by atoms with Gasteiger partial charge in [0.05, 0.1) is 0 Å². The van der Waals surface area contributed by atoms with E-state index in [1.54, 1.807) is 0 Å². The molecule has 8 heteroatoms. The van der Waals surface area contributed by atoms with Crippen LogP contribution in [0.15, 0.2) is 11.9 Å². The average molecular weight is 193 g/mol. The third kappa shape index (κ3) is 2.46. The monoisotopic (exact) mass is 193 g/mol. The quantitative estimate of drug-likeness (QED) is 0.658. The normalized spacial score (nSPS) is 10.1. The molecule has 0 aromatic rings. The minimum atomic E-state index is -5.14. The van der Waals surface area contributed by atoms with E-state index in [2.05, 4.69) is 0 Å². The number of carbonyl (C=O) groups is 1. The van der Waals surface area contributed by atoms with Gasteiger partial charge in [-0.25, -0.2) is 4.79 Å². The predicted molar refractivity (Wildman–Crippen MR) is 28.0 cm³/mol. The Bertz CT molecular complexity index is 209. The van der Waals surface area contributed by atoms with Gasteiger partial charge in [-0.3, -0.25) is 0 Å². The van der Waals surface area contributed by atoms with Crippen molar-refractivity contribution in [2.24, 2.45) is 0 Å². The lowest BCUT2D eigenvalue weighted by Gasteiger charge is -2.05. The van der Waals surface area contributed by atoms with E-state index in [0.29, 0.717) is 0 Å². The summed E-state index contributed by atoms with van der Waals surface area (Å²) in [6.45, 7) is 0. The molecule has 0 aliphatic carbocycles. The van der Waals surface area contributed by atoms with E-state index in [1.807, 2.05) is 0 Å². The van der Waals surface area contributed by atoms with Gasteiger partial charge in [0.15, 0.2) is 0 Å². The molecular formula is C4H4F5NO2. The smallest absolute Gasteiger partial charge is 0.398 e. The second-order valence-corrected chi connectivity index (χ2v) is 1.45. The Balaban J connectivity index is 0. The summed E-state index contributed by atoms with van der Waals surface area (Å²) in [6.07, 6.45) is -3.34. The molecule has 0 aliphatic rings. The number of carboxylic acid groups (broad SMARTS) is 1. The van der Waals surface area contributed by atoms with Gasteiger partial charge >= 0.3 is 18.0 Å². The van der Waals surface area contributed by atoms with E-state index in [0.717, 1.165) is 0 Å². The third-order valence-electron chi connectivity index (χ3n) is 0.710. The Morgan fingerprint density at radius 3 is 1.58 bits per heavy atom. The first-order valence-electron chi connectivity index (χ1n) is 2.12. The van der Waals surface area contributed by atoms with Gasteiger partial charge in [0, 0.05) is 0 Å². The Morgan fingerprint density at radius 2 is 1.50 bits per heavy atom. The van der Waals surface area contributed by atoms with Gasteiger partial charge in [0.2, 0.25) is 5.83 Å². The molecule has 0 spiro atoms. The molecule has 0 fully saturated rings. The van der Waals surface area contributed by atoms with Crippen molar-refractivity contribution in [3.05, 3.63) is 11.9 Å². The van der Waals surface area contributed by atoms with E-state index in [4.69, 9.17) is 5.11 Å². The molecule has 0 bridgehead atoms. The lowest BCUT2D eigenvalue weighted by molar-refractivity contribution is -0.162. The molecule has 0 rings (SSSR count). The van der Waals surface area contributed by atoms with Crippen molar-refractivity contribution >= 4 is 5.97 Å². The highest BCUT2D eigenvalue weighted by molar-refractivity contribution is 5.78. The van der Waals surface area contributed by atoms with Crippen LogP contribution in [0.1, 0.15) is 0 Å². The lowest BCUT2D eigenvalue weighted by Crippen LogP contribution is -2.29. The molecule has 3 nitrogen and oxygen atoms in total. The van der Waals surface area contributed by atoms with Crippen molar-refractivity contribution in [1.29, 1.82) is 0 Å². The van der Waals surface area contributed by atoms with Crippen LogP contribution in [0.3, 0.4) is 0 Å². The molecule has 0 saturated heterocycles. The first-order valence-corrected chi connectivity index (χ1v) is 2.12. The number of alkyl halides is 2. The number of hydrogen-bond donors (Lipinski definition) is 2. The van der Waals surface area contributed by atoms with Crippen molar-refractivity contribution in [2.45, 2.75) is 5.92 Å². The highest BCUT2D eigenvalue weighted by atomic mass is 19.3. The minimum Gasteiger partial charge on any atom is -0.476 e. The van der Waals surface area contributed by atoms with Crippen LogP contribution in [-0.4, -0.2) is 17.0 Å². The molecule has 0 saturated carbocycles. The summed E-state index contributed by atoms with van der Waals surface area (Å²) in [5.41, 5.74) is 0. The summed E-state index contributed by atoms with van der Waals surface area (Å²) < 4.78 is 57.0. The summed E-state index contributed by atoms with van der Waals surface area (Å²) in [4.78, 5) is 9.41. The van der Waals surface area contributed by atoms with Crippen LogP contribution in [0.4, 0.5) is 22.0 Å². The van der Waals surface area contributed by atoms with E-state index < -0.39 is 23.8 Å². The predicted octanol–water partition coefficient (Wildman–Crippen LogP) is 1.95. The van der Waals surface area contributed by atoms with Gasteiger partial charge in [-0.1, -0.05) is 0 Å². The van der Waals surface area contributed by atoms with Crippen molar-refractivity contribution in [3.63, 3.8) is 0 Å². The summed E-state index contributed by atoms with van der Waals surface area (Å²) in [5, 5.41) is 7.50. The molecule has 0 radical (unpaired) electrons. The minimum absolute atomic E-state index is 0. The molecule has 0 amide bonds. The molecule has 4 N–H and O–H groups in total. The maximum Gasteiger partial charge on any atom is 0.398 e. The summed E-state index contributed by atoms with van der Waals surface area (Å²) in [6, 6.07) is 0. The zero-order valence-corrected chi connectivity index (χ0v) is 5.45. The maximum atomic E-state index is 11.7. The van der Waals surface area contributed by atoms with E-state index in [9.17, 15) is 26.7 Å². The SMILES string of the molecule is N.O=C(O)C(F)(F)C(F)=C(F)F. The van der Waals surface area contributed by atoms with Crippen LogP contribution in [0.2, 0.25) is 0 Å². The highest BCUT2D eigenvalue weighted by Crippen LogP contribution is 2.29. The van der Waals surface area contributed by atoms with Crippen LogP contribution in [-0.2, 0) is 4.79 Å². The molecule has 0 atom stereocenters. The number of carboxylic acids is 1. The fraction of sp³-hybridized carbons (Fsp3) is 0.250. The fourth-order valence-corrected chi connectivity index (χ4v) is 0.213. The van der Waals surface area contributed by atoms with Gasteiger partial charge in [-0.2, -0.15) is 22.0 Å². The highest BCUT2D eigenvalue weighted by Gasteiger charge is 2.47. The molecule has 0 aromatic carbocycles. The summed E-state index contributed by atoms with van der Waals surface area (Å²) in [5.74, 6) is -11.3. The van der Waals surface area contributed by atoms with Gasteiger partial charge in [-0.15, -0.1) is 0 Å². The summed E-state index contributed by atoms with van der Waals surface area (Å²) in [7, 11) is 0. The first-order chi connectivity index (χ1) is 4.80. The van der Waals surface area contributed by atoms with Crippen LogP contribution >= 0.6 is 0 Å². The van der Waals surface area contributed by atoms with Gasteiger partial charge < -0.3 is 11.3 Å². The Kier molecular flexibility index (Phi) is 4.47. The Labute approximate surface area is 63.1 Å². The van der Waals surface area contributed by atoms with Crippen molar-refractivity contribution < 1.29 is 31.9 Å². The summed E-state index contributed by atoms with van der Waals surface area (Å²) >= 11 is 0. The lowest BCUT2D eigenvalue weighted by atomic mass is 10.3. The van der Waals surface area contributed by atoms with Gasteiger partial charge in [-0.05, 0) is 0 Å². The van der Waals surface area contributed by atoms with Crippen molar-refractivity contribution in [3.8, 4) is 0 Å². The maximum absolute atomic E-state index is 11.7. The average Bonchev–Trinajstić information content (AvgIpc) is 1.85. The largest absolute Gasteiger partial charge is 0.476 e. The Hall–Kier alpha value is -1.18. The molecular weight excluding hydrogens is 189 g/mol. The standard InChI is InChI=1S/C4HF5O2.H3N/c5-1(2(6)7)4(8,9)3(10)11;/h(H,10,11);1H3. The zero-order valence-electron chi connectivity index (χ0n) is 5.45. The van der Waals surface area contributed by atoms with Gasteiger partial charge in [0.25, 0.3) is 0 Å². The Morgan fingerprint density at radius 1 is 1.17 bits per heavy atom. The van der Waals surface area contributed by atoms with E-state index in [1.165, 1.54) is 0 Å².